The van der Waals surface area contributed by atoms with Crippen LogP contribution in [0, 0.1) is 0 Å². The SMILES string of the molecule is O=C(CCc1cnn(-c2ccccc2)c1)N1CCC(N2CCNCC2)C1. The van der Waals surface area contributed by atoms with Crippen molar-refractivity contribution in [1.29, 1.82) is 0 Å². The molecule has 2 aliphatic rings. The Morgan fingerprint density at radius 2 is 1.96 bits per heavy atom. The lowest BCUT2D eigenvalue weighted by molar-refractivity contribution is -0.130. The number of benzene rings is 1. The van der Waals surface area contributed by atoms with Gasteiger partial charge < -0.3 is 10.2 Å². The number of nitrogens with one attached hydrogen (secondary N) is 1. The molecule has 1 aromatic heterocycles. The van der Waals surface area contributed by atoms with Gasteiger partial charge >= 0.3 is 0 Å². The number of carbonyl (C=O) groups is 1. The fourth-order valence-electron chi connectivity index (χ4n) is 3.93. The Balaban J connectivity index is 1.27. The highest BCUT2D eigenvalue weighted by atomic mass is 16.2. The van der Waals surface area contributed by atoms with E-state index in [1.165, 1.54) is 0 Å². The average Bonchev–Trinajstić information content (AvgIpc) is 3.37. The van der Waals surface area contributed by atoms with Crippen molar-refractivity contribution < 1.29 is 4.79 Å². The van der Waals surface area contributed by atoms with Gasteiger partial charge in [-0.05, 0) is 30.5 Å². The van der Waals surface area contributed by atoms with Crippen LogP contribution in [0.15, 0.2) is 42.7 Å². The second-order valence-corrected chi connectivity index (χ2v) is 7.20. The Hall–Kier alpha value is -2.18. The van der Waals surface area contributed by atoms with Crippen molar-refractivity contribution in [2.45, 2.75) is 25.3 Å². The van der Waals surface area contributed by atoms with Crippen LogP contribution in [0.2, 0.25) is 0 Å². The monoisotopic (exact) mass is 353 g/mol. The summed E-state index contributed by atoms with van der Waals surface area (Å²) in [6.45, 7) is 6.13. The molecular formula is C20H27N5O. The molecule has 138 valence electrons. The van der Waals surface area contributed by atoms with Gasteiger partial charge in [0.25, 0.3) is 0 Å². The van der Waals surface area contributed by atoms with Crippen molar-refractivity contribution in [2.75, 3.05) is 39.3 Å². The molecule has 4 rings (SSSR count). The van der Waals surface area contributed by atoms with Crippen LogP contribution in [0.25, 0.3) is 5.69 Å². The molecule has 0 bridgehead atoms. The standard InChI is InChI=1S/C20H27N5O/c26-20(24-11-8-19(16-24)23-12-9-21-10-13-23)7-6-17-14-22-25(15-17)18-4-2-1-3-5-18/h1-5,14-15,19,21H,6-13,16H2. The topological polar surface area (TPSA) is 53.4 Å². The molecule has 1 amide bonds. The third kappa shape index (κ3) is 3.97. The van der Waals surface area contributed by atoms with E-state index in [1.54, 1.807) is 0 Å². The average molecular weight is 353 g/mol. The molecule has 1 N–H and O–H groups in total. The van der Waals surface area contributed by atoms with Gasteiger partial charge in [-0.3, -0.25) is 9.69 Å². The Morgan fingerprint density at radius 3 is 2.77 bits per heavy atom. The summed E-state index contributed by atoms with van der Waals surface area (Å²) in [7, 11) is 0. The van der Waals surface area contributed by atoms with Crippen LogP contribution in [0.5, 0.6) is 0 Å². The number of aromatic nitrogens is 2. The lowest BCUT2D eigenvalue weighted by Crippen LogP contribution is -2.49. The summed E-state index contributed by atoms with van der Waals surface area (Å²) in [4.78, 5) is 17.2. The quantitative estimate of drug-likeness (QED) is 0.881. The predicted molar refractivity (Wildman–Crippen MR) is 101 cm³/mol. The summed E-state index contributed by atoms with van der Waals surface area (Å²) < 4.78 is 1.87. The smallest absolute Gasteiger partial charge is 0.222 e. The second-order valence-electron chi connectivity index (χ2n) is 7.20. The molecule has 1 atom stereocenters. The van der Waals surface area contributed by atoms with E-state index in [0.717, 1.165) is 63.4 Å². The predicted octanol–water partition coefficient (Wildman–Crippen LogP) is 1.31. The number of amides is 1. The van der Waals surface area contributed by atoms with Gasteiger partial charge in [0.1, 0.15) is 0 Å². The molecular weight excluding hydrogens is 326 g/mol. The lowest BCUT2D eigenvalue weighted by atomic mass is 10.2. The minimum absolute atomic E-state index is 0.273. The largest absolute Gasteiger partial charge is 0.341 e. The van der Waals surface area contributed by atoms with Crippen molar-refractivity contribution in [3.63, 3.8) is 0 Å². The van der Waals surface area contributed by atoms with Gasteiger partial charge in [0.2, 0.25) is 5.91 Å². The Morgan fingerprint density at radius 1 is 1.15 bits per heavy atom. The van der Waals surface area contributed by atoms with Crippen LogP contribution < -0.4 is 5.32 Å². The summed E-state index contributed by atoms with van der Waals surface area (Å²) in [6.07, 6.45) is 6.32. The number of hydrogen-bond acceptors (Lipinski definition) is 4. The molecule has 1 unspecified atom stereocenters. The number of para-hydroxylation sites is 1. The molecule has 0 saturated carbocycles. The minimum Gasteiger partial charge on any atom is -0.341 e. The molecule has 0 radical (unpaired) electrons. The van der Waals surface area contributed by atoms with E-state index in [1.807, 2.05) is 52.3 Å². The maximum absolute atomic E-state index is 12.6. The highest BCUT2D eigenvalue weighted by Gasteiger charge is 2.30. The number of carbonyl (C=O) groups excluding carboxylic acids is 1. The molecule has 0 aliphatic carbocycles. The van der Waals surface area contributed by atoms with E-state index in [4.69, 9.17) is 0 Å². The molecule has 2 aliphatic heterocycles. The van der Waals surface area contributed by atoms with Crippen molar-refractivity contribution in [3.8, 4) is 5.69 Å². The van der Waals surface area contributed by atoms with Crippen LogP contribution in [0.3, 0.4) is 0 Å². The first-order valence-electron chi connectivity index (χ1n) is 9.61. The third-order valence-corrected chi connectivity index (χ3v) is 5.47. The van der Waals surface area contributed by atoms with Crippen LogP contribution in [0.4, 0.5) is 0 Å². The van der Waals surface area contributed by atoms with Gasteiger partial charge in [-0.25, -0.2) is 4.68 Å². The van der Waals surface area contributed by atoms with Crippen molar-refractivity contribution in [1.82, 2.24) is 24.9 Å². The van der Waals surface area contributed by atoms with Gasteiger partial charge in [0.05, 0.1) is 11.9 Å². The number of piperazine rings is 1. The maximum atomic E-state index is 12.6. The van der Waals surface area contributed by atoms with Gasteiger partial charge in [0, 0.05) is 57.9 Å². The first-order valence-corrected chi connectivity index (χ1v) is 9.61. The number of aryl methyl sites for hydroxylation is 1. The normalized spacial score (nSPS) is 21.2. The first-order chi connectivity index (χ1) is 12.8. The zero-order valence-corrected chi connectivity index (χ0v) is 15.2. The Kier molecular flexibility index (Phi) is 5.32. The lowest BCUT2D eigenvalue weighted by Gasteiger charge is -2.32. The van der Waals surface area contributed by atoms with E-state index in [9.17, 15) is 4.79 Å². The number of nitrogens with zero attached hydrogens (tertiary/aromatic N) is 4. The summed E-state index contributed by atoms with van der Waals surface area (Å²) in [5.41, 5.74) is 2.16. The van der Waals surface area contributed by atoms with Crippen LogP contribution in [-0.4, -0.2) is 70.8 Å². The summed E-state index contributed by atoms with van der Waals surface area (Å²) in [5.74, 6) is 0.273. The maximum Gasteiger partial charge on any atom is 0.222 e. The molecule has 6 heteroatoms. The zero-order valence-electron chi connectivity index (χ0n) is 15.2. The van der Waals surface area contributed by atoms with Gasteiger partial charge in [-0.1, -0.05) is 18.2 Å². The van der Waals surface area contributed by atoms with Crippen molar-refractivity contribution >= 4 is 5.91 Å². The van der Waals surface area contributed by atoms with E-state index in [-0.39, 0.29) is 5.91 Å². The van der Waals surface area contributed by atoms with E-state index in [2.05, 4.69) is 15.3 Å². The molecule has 3 heterocycles. The van der Waals surface area contributed by atoms with E-state index in [0.29, 0.717) is 12.5 Å². The van der Waals surface area contributed by atoms with E-state index < -0.39 is 0 Å². The van der Waals surface area contributed by atoms with Crippen molar-refractivity contribution in [2.24, 2.45) is 0 Å². The van der Waals surface area contributed by atoms with Crippen molar-refractivity contribution in [3.05, 3.63) is 48.3 Å². The third-order valence-electron chi connectivity index (χ3n) is 5.47. The number of hydrogen-bond donors (Lipinski definition) is 1. The molecule has 2 aromatic rings. The van der Waals surface area contributed by atoms with Gasteiger partial charge in [-0.2, -0.15) is 5.10 Å². The Labute approximate surface area is 154 Å². The molecule has 26 heavy (non-hydrogen) atoms. The highest BCUT2D eigenvalue weighted by molar-refractivity contribution is 5.76. The minimum atomic E-state index is 0.273. The fraction of sp³-hybridized carbons (Fsp3) is 0.500. The Bertz CT molecular complexity index is 723. The molecule has 2 fully saturated rings. The van der Waals surface area contributed by atoms with Crippen LogP contribution in [-0.2, 0) is 11.2 Å². The fourth-order valence-corrected chi connectivity index (χ4v) is 3.93. The summed E-state index contributed by atoms with van der Waals surface area (Å²) >= 11 is 0. The first kappa shape index (κ1) is 17.2. The summed E-state index contributed by atoms with van der Waals surface area (Å²) in [5, 5.41) is 7.81. The second kappa shape index (κ2) is 8.01. The van der Waals surface area contributed by atoms with Crippen LogP contribution in [0.1, 0.15) is 18.4 Å². The highest BCUT2D eigenvalue weighted by Crippen LogP contribution is 2.18. The summed E-state index contributed by atoms with van der Waals surface area (Å²) in [6, 6.07) is 10.6. The van der Waals surface area contributed by atoms with Crippen LogP contribution >= 0.6 is 0 Å². The zero-order chi connectivity index (χ0) is 17.8. The van der Waals surface area contributed by atoms with Gasteiger partial charge in [0.15, 0.2) is 0 Å². The van der Waals surface area contributed by atoms with E-state index >= 15 is 0 Å². The molecule has 0 spiro atoms. The number of rotatable bonds is 5. The van der Waals surface area contributed by atoms with Gasteiger partial charge in [-0.15, -0.1) is 0 Å². The molecule has 6 nitrogen and oxygen atoms in total. The molecule has 1 aromatic carbocycles. The number of likely N-dealkylation sites (tertiary alicyclic amines) is 1. The molecule has 2 saturated heterocycles.